The number of amides is 1. The highest BCUT2D eigenvalue weighted by Gasteiger charge is 2.20. The molecule has 10 heteroatoms. The molecule has 0 saturated heterocycles. The van der Waals surface area contributed by atoms with Crippen LogP contribution in [0, 0.1) is 0 Å². The van der Waals surface area contributed by atoms with Gasteiger partial charge in [0.05, 0.1) is 38.7 Å². The Morgan fingerprint density at radius 1 is 1.22 bits per heavy atom. The fourth-order valence-corrected chi connectivity index (χ4v) is 2.47. The van der Waals surface area contributed by atoms with E-state index in [-0.39, 0.29) is 23.1 Å². The van der Waals surface area contributed by atoms with Crippen molar-refractivity contribution in [3.8, 4) is 5.75 Å². The number of anilines is 1. The van der Waals surface area contributed by atoms with Crippen molar-refractivity contribution in [2.45, 2.75) is 4.95 Å². The zero-order chi connectivity index (χ0) is 19.5. The monoisotopic (exact) mass is 442 g/mol. The lowest BCUT2D eigenvalue weighted by atomic mass is 10.2. The maximum atomic E-state index is 12.5. The van der Waals surface area contributed by atoms with Crippen LogP contribution < -0.4 is 21.1 Å². The molecule has 5 N–H and O–H groups in total. The van der Waals surface area contributed by atoms with Crippen LogP contribution >= 0.6 is 15.9 Å². The van der Waals surface area contributed by atoms with Crippen LogP contribution in [0.5, 0.6) is 5.75 Å². The lowest BCUT2D eigenvalue weighted by molar-refractivity contribution is -0.113. The van der Waals surface area contributed by atoms with Gasteiger partial charge in [-0.05, 0) is 12.1 Å². The van der Waals surface area contributed by atoms with E-state index in [9.17, 15) is 4.79 Å². The standard InChI is InChI=1S/C17H23BrN4O5/c18-14-11-20-16(19)15(22-14)17(24)21-12-3-1-2-4-13(12)27-10-9-26-8-7-25-6-5-23/h1-4,11,14,22-23H,5-10,19H2,(H,21,24). The molecule has 0 radical (unpaired) electrons. The van der Waals surface area contributed by atoms with Gasteiger partial charge in [0.15, 0.2) is 5.82 Å². The maximum absolute atomic E-state index is 12.5. The maximum Gasteiger partial charge on any atom is 0.275 e. The van der Waals surface area contributed by atoms with Crippen LogP contribution in [0.1, 0.15) is 0 Å². The number of carbonyl (C=O) groups excluding carboxylic acids is 1. The summed E-state index contributed by atoms with van der Waals surface area (Å²) in [6.45, 7) is 1.78. The summed E-state index contributed by atoms with van der Waals surface area (Å²) in [7, 11) is 0. The van der Waals surface area contributed by atoms with Gasteiger partial charge < -0.3 is 35.7 Å². The highest BCUT2D eigenvalue weighted by molar-refractivity contribution is 9.09. The van der Waals surface area contributed by atoms with Crippen molar-refractivity contribution in [3.63, 3.8) is 0 Å². The Kier molecular flexibility index (Phi) is 9.05. The molecule has 0 aromatic heterocycles. The molecule has 1 aliphatic rings. The number of nitrogens with one attached hydrogen (secondary N) is 2. The summed E-state index contributed by atoms with van der Waals surface area (Å²) in [4.78, 5) is 16.2. The van der Waals surface area contributed by atoms with Crippen LogP contribution in [0.4, 0.5) is 5.69 Å². The van der Waals surface area contributed by atoms with Gasteiger partial charge in [-0.3, -0.25) is 4.79 Å². The molecule has 1 aromatic rings. The van der Waals surface area contributed by atoms with Crippen molar-refractivity contribution in [1.82, 2.24) is 5.32 Å². The van der Waals surface area contributed by atoms with Gasteiger partial charge in [-0.2, -0.15) is 0 Å². The van der Waals surface area contributed by atoms with Crippen LogP contribution in [0.15, 0.2) is 40.8 Å². The average molecular weight is 443 g/mol. The lowest BCUT2D eigenvalue weighted by Gasteiger charge is -2.19. The summed E-state index contributed by atoms with van der Waals surface area (Å²) >= 11 is 3.30. The van der Waals surface area contributed by atoms with E-state index in [4.69, 9.17) is 25.1 Å². The van der Waals surface area contributed by atoms with Crippen molar-refractivity contribution in [1.29, 1.82) is 0 Å². The number of hydrogen-bond donors (Lipinski definition) is 4. The molecule has 1 unspecified atom stereocenters. The minimum Gasteiger partial charge on any atom is -0.489 e. The fourth-order valence-electron chi connectivity index (χ4n) is 2.12. The van der Waals surface area contributed by atoms with Crippen LogP contribution in [-0.4, -0.2) is 61.8 Å². The number of carbonyl (C=O) groups is 1. The van der Waals surface area contributed by atoms with Crippen molar-refractivity contribution in [2.75, 3.05) is 45.0 Å². The zero-order valence-electron chi connectivity index (χ0n) is 14.7. The van der Waals surface area contributed by atoms with E-state index < -0.39 is 5.91 Å². The summed E-state index contributed by atoms with van der Waals surface area (Å²) in [6.07, 6.45) is 1.55. The molecular weight excluding hydrogens is 420 g/mol. The van der Waals surface area contributed by atoms with E-state index in [0.29, 0.717) is 44.5 Å². The van der Waals surface area contributed by atoms with Gasteiger partial charge in [-0.1, -0.05) is 28.1 Å². The first-order chi connectivity index (χ1) is 13.1. The van der Waals surface area contributed by atoms with Gasteiger partial charge in [0.2, 0.25) is 0 Å². The lowest BCUT2D eigenvalue weighted by Crippen LogP contribution is -2.36. The predicted molar refractivity (Wildman–Crippen MR) is 105 cm³/mol. The number of benzene rings is 1. The number of aliphatic hydroxyl groups excluding tert-OH is 1. The summed E-state index contributed by atoms with van der Waals surface area (Å²) in [5, 5.41) is 14.3. The van der Waals surface area contributed by atoms with E-state index in [1.54, 1.807) is 30.5 Å². The zero-order valence-corrected chi connectivity index (χ0v) is 16.3. The highest BCUT2D eigenvalue weighted by Crippen LogP contribution is 2.24. The van der Waals surface area contributed by atoms with Gasteiger partial charge in [0, 0.05) is 6.21 Å². The SMILES string of the molecule is NC1=C(C(=O)Nc2ccccc2OCCOCCOCCO)NC(Br)C=N1. The number of halogens is 1. The molecule has 0 saturated carbocycles. The quantitative estimate of drug-likeness (QED) is 0.224. The second-order valence-electron chi connectivity index (χ2n) is 5.33. The number of rotatable bonds is 11. The summed E-state index contributed by atoms with van der Waals surface area (Å²) in [5.74, 6) is 0.209. The molecule has 0 fully saturated rings. The molecule has 1 heterocycles. The molecule has 1 amide bonds. The molecule has 0 aliphatic carbocycles. The molecule has 1 aliphatic heterocycles. The Hall–Kier alpha value is -2.14. The number of nitrogens with zero attached hydrogens (tertiary/aromatic N) is 1. The fraction of sp³-hybridized carbons (Fsp3) is 0.412. The van der Waals surface area contributed by atoms with Gasteiger partial charge in [0.25, 0.3) is 5.91 Å². The third-order valence-corrected chi connectivity index (χ3v) is 3.80. The Bertz CT molecular complexity index is 683. The van der Waals surface area contributed by atoms with Gasteiger partial charge in [0.1, 0.15) is 23.0 Å². The number of para-hydroxylation sites is 2. The number of aliphatic hydroxyl groups is 1. The first-order valence-electron chi connectivity index (χ1n) is 8.36. The minimum atomic E-state index is -0.415. The first kappa shape index (κ1) is 21.2. The normalized spacial score (nSPS) is 16.1. The Balaban J connectivity index is 1.83. The average Bonchev–Trinajstić information content (AvgIpc) is 2.67. The number of ether oxygens (including phenoxy) is 3. The third kappa shape index (κ3) is 7.18. The van der Waals surface area contributed by atoms with Crippen molar-refractivity contribution >= 4 is 33.7 Å². The molecule has 9 nitrogen and oxygen atoms in total. The predicted octanol–water partition coefficient (Wildman–Crippen LogP) is 0.552. The largest absolute Gasteiger partial charge is 0.489 e. The topological polar surface area (TPSA) is 127 Å². The minimum absolute atomic E-state index is 0.00761. The second-order valence-corrected chi connectivity index (χ2v) is 6.32. The van der Waals surface area contributed by atoms with E-state index in [1.165, 1.54) is 0 Å². The van der Waals surface area contributed by atoms with E-state index in [2.05, 4.69) is 31.6 Å². The molecule has 148 valence electrons. The molecule has 1 aromatic carbocycles. The molecule has 1 atom stereocenters. The highest BCUT2D eigenvalue weighted by atomic mass is 79.9. The van der Waals surface area contributed by atoms with E-state index in [1.807, 2.05) is 0 Å². The van der Waals surface area contributed by atoms with Gasteiger partial charge in [-0.15, -0.1) is 0 Å². The number of aliphatic imine (C=N–C) groups is 1. The Labute approximate surface area is 165 Å². The summed E-state index contributed by atoms with van der Waals surface area (Å²) < 4.78 is 16.1. The third-order valence-electron chi connectivity index (χ3n) is 3.34. The molecule has 2 rings (SSSR count). The molecule has 27 heavy (non-hydrogen) atoms. The van der Waals surface area contributed by atoms with Gasteiger partial charge in [-0.25, -0.2) is 4.99 Å². The smallest absolute Gasteiger partial charge is 0.275 e. The van der Waals surface area contributed by atoms with Gasteiger partial charge >= 0.3 is 0 Å². The second kappa shape index (κ2) is 11.5. The number of hydrogen-bond acceptors (Lipinski definition) is 8. The molecule has 0 spiro atoms. The van der Waals surface area contributed by atoms with Crippen LogP contribution in [0.25, 0.3) is 0 Å². The Morgan fingerprint density at radius 3 is 2.70 bits per heavy atom. The number of alkyl halides is 1. The molecular formula is C17H23BrN4O5. The van der Waals surface area contributed by atoms with E-state index in [0.717, 1.165) is 0 Å². The van der Waals surface area contributed by atoms with Crippen molar-refractivity contribution in [2.24, 2.45) is 10.7 Å². The van der Waals surface area contributed by atoms with Crippen LogP contribution in [0.2, 0.25) is 0 Å². The van der Waals surface area contributed by atoms with Crippen molar-refractivity contribution in [3.05, 3.63) is 35.8 Å². The number of nitrogens with two attached hydrogens (primary N) is 1. The van der Waals surface area contributed by atoms with E-state index >= 15 is 0 Å². The van der Waals surface area contributed by atoms with Crippen LogP contribution in [0.3, 0.4) is 0 Å². The molecule has 0 bridgehead atoms. The summed E-state index contributed by atoms with van der Waals surface area (Å²) in [6, 6.07) is 7.07. The van der Waals surface area contributed by atoms with Crippen LogP contribution in [-0.2, 0) is 14.3 Å². The van der Waals surface area contributed by atoms with Crippen molar-refractivity contribution < 1.29 is 24.1 Å². The summed E-state index contributed by atoms with van der Waals surface area (Å²) in [5.41, 5.74) is 6.45. The Morgan fingerprint density at radius 2 is 1.93 bits per heavy atom. The first-order valence-corrected chi connectivity index (χ1v) is 9.27.